The number of nitrogens with zero attached hydrogens (tertiary/aromatic N) is 1. The van der Waals surface area contributed by atoms with Crippen molar-refractivity contribution in [3.8, 4) is 16.9 Å². The van der Waals surface area contributed by atoms with E-state index in [4.69, 9.17) is 0 Å². The van der Waals surface area contributed by atoms with E-state index < -0.39 is 0 Å². The second-order valence-electron chi connectivity index (χ2n) is 9.63. The Balaban J connectivity index is 1.86. The smallest absolute Gasteiger partial charge is 0.123 e. The Morgan fingerprint density at radius 2 is 1.66 bits per heavy atom. The fourth-order valence-electron chi connectivity index (χ4n) is 4.48. The van der Waals surface area contributed by atoms with Crippen molar-refractivity contribution < 1.29 is 5.11 Å². The molecule has 0 saturated heterocycles. The summed E-state index contributed by atoms with van der Waals surface area (Å²) in [4.78, 5) is 0. The molecule has 0 saturated carbocycles. The van der Waals surface area contributed by atoms with Gasteiger partial charge in [-0.25, -0.2) is 0 Å². The topological polar surface area (TPSA) is 23.5 Å². The molecule has 0 fully saturated rings. The Morgan fingerprint density at radius 3 is 2.28 bits per heavy atom. The molecule has 0 bridgehead atoms. The first-order valence-corrected chi connectivity index (χ1v) is 12.0. The zero-order valence-corrected chi connectivity index (χ0v) is 19.7. The van der Waals surface area contributed by atoms with Crippen LogP contribution in [-0.2, 0) is 10.8 Å². The summed E-state index contributed by atoms with van der Waals surface area (Å²) >= 11 is 4.54. The number of phenols is 1. The van der Waals surface area contributed by atoms with Crippen LogP contribution in [0.1, 0.15) is 62.8 Å². The van der Waals surface area contributed by atoms with E-state index in [0.29, 0.717) is 5.75 Å². The lowest BCUT2D eigenvalue weighted by Crippen LogP contribution is -2.34. The molecule has 4 rings (SSSR count). The molecule has 2 aliphatic rings. The maximum atomic E-state index is 10.7. The average Bonchev–Trinajstić information content (AvgIpc) is 3.05. The van der Waals surface area contributed by atoms with E-state index in [0.717, 1.165) is 23.2 Å². The Bertz CT molecular complexity index is 1030. The Morgan fingerprint density at radius 1 is 1.00 bits per heavy atom. The van der Waals surface area contributed by atoms with Crippen LogP contribution < -0.4 is 0 Å². The first-order valence-electron chi connectivity index (χ1n) is 10.3. The second kappa shape index (κ2) is 7.33. The fourth-order valence-corrected chi connectivity index (χ4v) is 6.19. The predicted octanol–water partition coefficient (Wildman–Crippen LogP) is 6.72. The van der Waals surface area contributed by atoms with Gasteiger partial charge in [0.1, 0.15) is 5.75 Å². The Labute approximate surface area is 183 Å². The molecule has 0 aromatic heterocycles. The summed E-state index contributed by atoms with van der Waals surface area (Å²) in [5.74, 6) is 0.339. The zero-order chi connectivity index (χ0) is 21.0. The second-order valence-corrected chi connectivity index (χ2v) is 12.0. The van der Waals surface area contributed by atoms with Crippen LogP contribution in [0.3, 0.4) is 0 Å². The lowest BCUT2D eigenvalue weighted by atomic mass is 9.62. The van der Waals surface area contributed by atoms with Crippen LogP contribution in [0.2, 0.25) is 0 Å². The third-order valence-corrected chi connectivity index (χ3v) is 8.86. The van der Waals surface area contributed by atoms with Gasteiger partial charge in [-0.2, -0.15) is 3.71 Å². The van der Waals surface area contributed by atoms with Gasteiger partial charge in [0.2, 0.25) is 0 Å². The molecule has 1 aliphatic carbocycles. The summed E-state index contributed by atoms with van der Waals surface area (Å²) in [5, 5.41) is 15.1. The van der Waals surface area contributed by atoms with E-state index in [1.165, 1.54) is 29.5 Å². The van der Waals surface area contributed by atoms with Crippen LogP contribution >= 0.6 is 23.5 Å². The number of rotatable bonds is 2. The van der Waals surface area contributed by atoms with Crippen LogP contribution in [0, 0.1) is 6.92 Å². The highest BCUT2D eigenvalue weighted by Gasteiger charge is 2.37. The van der Waals surface area contributed by atoms with Crippen molar-refractivity contribution in [2.45, 2.75) is 58.3 Å². The molecule has 0 spiro atoms. The molecule has 1 aliphatic heterocycles. The molecule has 2 aromatic carbocycles. The van der Waals surface area contributed by atoms with Gasteiger partial charge in [-0.05, 0) is 87.4 Å². The van der Waals surface area contributed by atoms with Gasteiger partial charge < -0.3 is 5.11 Å². The molecule has 2 nitrogen and oxygen atoms in total. The van der Waals surface area contributed by atoms with E-state index in [9.17, 15) is 5.11 Å². The summed E-state index contributed by atoms with van der Waals surface area (Å²) in [6.45, 7) is 12.4. The van der Waals surface area contributed by atoms with Gasteiger partial charge >= 0.3 is 0 Å². The maximum Gasteiger partial charge on any atom is 0.123 e. The number of aromatic hydroxyl groups is 1. The first kappa shape index (κ1) is 20.8. The lowest BCUT2D eigenvalue weighted by Gasteiger charge is -2.42. The summed E-state index contributed by atoms with van der Waals surface area (Å²) in [5.41, 5.74) is 7.61. The molecule has 2 aromatic rings. The first-order chi connectivity index (χ1) is 13.6. The van der Waals surface area contributed by atoms with Crippen LogP contribution in [0.5, 0.6) is 5.75 Å². The van der Waals surface area contributed by atoms with E-state index in [-0.39, 0.29) is 21.5 Å². The standard InChI is InChI=1S/C25H31NOS2/c1-17-13-21-22(25(4,5)10-9-24(21,2)3)15-19(17)20-14-18(7-8-23(20)27)16-29-12-6-11-26(29)28/h6-8,12-16,27-28H,9-11H2,1-5H3. The van der Waals surface area contributed by atoms with Gasteiger partial charge in [0.05, 0.1) is 0 Å². The van der Waals surface area contributed by atoms with Gasteiger partial charge in [-0.1, -0.05) is 69.4 Å². The van der Waals surface area contributed by atoms with Crippen LogP contribution in [0.4, 0.5) is 0 Å². The van der Waals surface area contributed by atoms with Gasteiger partial charge in [-0.15, -0.1) is 0 Å². The van der Waals surface area contributed by atoms with E-state index in [1.807, 2.05) is 15.8 Å². The number of hydrogen-bond acceptors (Lipinski definition) is 3. The molecular weight excluding hydrogens is 394 g/mol. The van der Waals surface area contributed by atoms with Crippen molar-refractivity contribution in [1.29, 1.82) is 0 Å². The normalized spacial score (nSPS) is 22.8. The van der Waals surface area contributed by atoms with Gasteiger partial charge in [0.15, 0.2) is 0 Å². The quantitative estimate of drug-likeness (QED) is 0.412. The Hall–Kier alpha value is -1.49. The van der Waals surface area contributed by atoms with Crippen LogP contribution in [0.25, 0.3) is 11.1 Å². The van der Waals surface area contributed by atoms with Gasteiger partial charge in [-0.3, -0.25) is 0 Å². The number of benzene rings is 2. The van der Waals surface area contributed by atoms with Crippen LogP contribution in [0.15, 0.2) is 41.8 Å². The van der Waals surface area contributed by atoms with Crippen LogP contribution in [-0.4, -0.2) is 20.7 Å². The molecule has 0 radical (unpaired) electrons. The third kappa shape index (κ3) is 3.83. The van der Waals surface area contributed by atoms with Gasteiger partial charge in [0.25, 0.3) is 0 Å². The minimum Gasteiger partial charge on any atom is -0.507 e. The van der Waals surface area contributed by atoms with Crippen molar-refractivity contribution in [3.63, 3.8) is 0 Å². The van der Waals surface area contributed by atoms with E-state index in [1.54, 1.807) is 0 Å². The summed E-state index contributed by atoms with van der Waals surface area (Å²) in [6, 6.07) is 10.6. The fraction of sp³-hybridized carbons (Fsp3) is 0.400. The van der Waals surface area contributed by atoms with Gasteiger partial charge in [0, 0.05) is 12.1 Å². The minimum absolute atomic E-state index is 0.114. The lowest BCUT2D eigenvalue weighted by molar-refractivity contribution is 0.332. The largest absolute Gasteiger partial charge is 0.507 e. The minimum atomic E-state index is -0.114. The Kier molecular flexibility index (Phi) is 5.25. The van der Waals surface area contributed by atoms with Crippen molar-refractivity contribution in [2.24, 2.45) is 0 Å². The van der Waals surface area contributed by atoms with E-state index >= 15 is 0 Å². The maximum absolute atomic E-state index is 10.7. The summed E-state index contributed by atoms with van der Waals surface area (Å²) in [6.07, 6.45) is 4.53. The zero-order valence-electron chi connectivity index (χ0n) is 18.0. The highest BCUT2D eigenvalue weighted by molar-refractivity contribution is 8.20. The van der Waals surface area contributed by atoms with E-state index in [2.05, 4.69) is 82.5 Å². The highest BCUT2D eigenvalue weighted by atomic mass is 32.2. The van der Waals surface area contributed by atoms with Crippen molar-refractivity contribution in [2.75, 3.05) is 6.54 Å². The number of aryl methyl sites for hydroxylation is 1. The van der Waals surface area contributed by atoms with Crippen molar-refractivity contribution in [1.82, 2.24) is 3.71 Å². The molecule has 0 amide bonds. The monoisotopic (exact) mass is 425 g/mol. The molecule has 29 heavy (non-hydrogen) atoms. The molecule has 1 unspecified atom stereocenters. The molecule has 1 heterocycles. The summed E-state index contributed by atoms with van der Waals surface area (Å²) < 4.78 is 2.03. The van der Waals surface area contributed by atoms with Crippen molar-refractivity contribution in [3.05, 3.63) is 64.1 Å². The highest BCUT2D eigenvalue weighted by Crippen LogP contribution is 2.48. The molecule has 1 N–H and O–H groups in total. The molecule has 4 heteroatoms. The molecule has 154 valence electrons. The SMILES string of the molecule is Cc1cc2c(cc1-c1cc(/C=S3\C=CCN3S)ccc1O)C(C)(C)CCC2(C)C. The predicted molar refractivity (Wildman–Crippen MR) is 131 cm³/mol. The number of hydrogen-bond donors (Lipinski definition) is 2. The number of phenolic OH excluding ortho intramolecular Hbond substituents is 1. The molecule has 1 atom stereocenters. The van der Waals surface area contributed by atoms with Crippen molar-refractivity contribution >= 4 is 28.9 Å². The summed E-state index contributed by atoms with van der Waals surface area (Å²) in [7, 11) is -0.114. The average molecular weight is 426 g/mol. The number of thiol groups is 1. The third-order valence-electron chi connectivity index (χ3n) is 6.51. The molecular formula is C25H31NOS2. The number of fused-ring (bicyclic) bond motifs is 1.